The zero-order valence-electron chi connectivity index (χ0n) is 12.7. The van der Waals surface area contributed by atoms with Crippen molar-refractivity contribution in [3.05, 3.63) is 83.6 Å². The smallest absolute Gasteiger partial charge is 0.0991 e. The van der Waals surface area contributed by atoms with Crippen molar-refractivity contribution in [1.82, 2.24) is 4.57 Å². The van der Waals surface area contributed by atoms with E-state index in [-0.39, 0.29) is 0 Å². The number of rotatable bonds is 4. The number of hydrogen-bond acceptors (Lipinski definition) is 1. The van der Waals surface area contributed by atoms with Gasteiger partial charge < -0.3 is 4.57 Å². The summed E-state index contributed by atoms with van der Waals surface area (Å²) in [5.41, 5.74) is 5.66. The van der Waals surface area contributed by atoms with Gasteiger partial charge in [-0.2, -0.15) is 5.26 Å². The maximum atomic E-state index is 8.91. The number of aryl methyl sites for hydroxylation is 2. The first-order valence-corrected chi connectivity index (χ1v) is 7.48. The molecule has 0 amide bonds. The molecule has 2 heteroatoms. The minimum absolute atomic E-state index is 0.697. The topological polar surface area (TPSA) is 28.7 Å². The van der Waals surface area contributed by atoms with Gasteiger partial charge in [-0.15, -0.1) is 0 Å². The van der Waals surface area contributed by atoms with Crippen LogP contribution in [0.5, 0.6) is 0 Å². The van der Waals surface area contributed by atoms with Gasteiger partial charge in [0.2, 0.25) is 0 Å². The fraction of sp³-hybridized carbons (Fsp3) is 0.150. The van der Waals surface area contributed by atoms with Crippen molar-refractivity contribution in [2.75, 3.05) is 0 Å². The highest BCUT2D eigenvalue weighted by Gasteiger charge is 2.07. The summed E-state index contributed by atoms with van der Waals surface area (Å²) in [6.07, 6.45) is 1.01. The Morgan fingerprint density at radius 1 is 0.909 bits per heavy atom. The summed E-state index contributed by atoms with van der Waals surface area (Å²) in [5, 5.41) is 8.91. The Morgan fingerprint density at radius 2 is 1.64 bits per heavy atom. The summed E-state index contributed by atoms with van der Waals surface area (Å²) < 4.78 is 2.34. The van der Waals surface area contributed by atoms with E-state index in [0.717, 1.165) is 18.5 Å². The standard InChI is InChI=1S/C20H18N2/c1-16-7-12-20(19-10-8-18(15-21)9-11-19)22(16)14-13-17-5-3-2-4-6-17/h2-12H,13-14H2,1H3. The Balaban J connectivity index is 1.85. The van der Waals surface area contributed by atoms with E-state index in [4.69, 9.17) is 5.26 Å². The molecule has 0 aliphatic rings. The lowest BCUT2D eigenvalue weighted by molar-refractivity contribution is 0.688. The first kappa shape index (κ1) is 14.2. The quantitative estimate of drug-likeness (QED) is 0.690. The molecule has 0 radical (unpaired) electrons. The van der Waals surface area contributed by atoms with E-state index in [1.807, 2.05) is 30.3 Å². The molecule has 0 atom stereocenters. The van der Waals surface area contributed by atoms with E-state index < -0.39 is 0 Å². The fourth-order valence-electron chi connectivity index (χ4n) is 2.72. The van der Waals surface area contributed by atoms with Gasteiger partial charge in [-0.3, -0.25) is 0 Å². The third-order valence-electron chi connectivity index (χ3n) is 3.98. The molecule has 1 heterocycles. The molecule has 0 unspecified atom stereocenters. The van der Waals surface area contributed by atoms with Crippen LogP contribution in [-0.4, -0.2) is 4.57 Å². The van der Waals surface area contributed by atoms with Gasteiger partial charge in [-0.25, -0.2) is 0 Å². The number of nitriles is 1. The lowest BCUT2D eigenvalue weighted by atomic mass is 10.1. The normalized spacial score (nSPS) is 10.4. The zero-order valence-corrected chi connectivity index (χ0v) is 12.7. The summed E-state index contributed by atoms with van der Waals surface area (Å²) in [6, 6.07) is 24.8. The van der Waals surface area contributed by atoms with Crippen LogP contribution in [0.15, 0.2) is 66.7 Å². The van der Waals surface area contributed by atoms with Gasteiger partial charge >= 0.3 is 0 Å². The van der Waals surface area contributed by atoms with Gasteiger partial charge in [0.25, 0.3) is 0 Å². The summed E-state index contributed by atoms with van der Waals surface area (Å²) in [7, 11) is 0. The maximum absolute atomic E-state index is 8.91. The minimum atomic E-state index is 0.697. The molecule has 0 N–H and O–H groups in total. The van der Waals surface area contributed by atoms with Gasteiger partial charge in [0, 0.05) is 17.9 Å². The molecule has 0 aliphatic heterocycles. The van der Waals surface area contributed by atoms with E-state index in [9.17, 15) is 0 Å². The highest BCUT2D eigenvalue weighted by Crippen LogP contribution is 2.23. The second-order valence-electron chi connectivity index (χ2n) is 5.44. The SMILES string of the molecule is Cc1ccc(-c2ccc(C#N)cc2)n1CCc1ccccc1. The van der Waals surface area contributed by atoms with Gasteiger partial charge in [0.05, 0.1) is 11.6 Å². The van der Waals surface area contributed by atoms with E-state index in [2.05, 4.69) is 54.0 Å². The molecule has 0 aliphatic carbocycles. The summed E-state index contributed by atoms with van der Waals surface area (Å²) >= 11 is 0. The zero-order chi connectivity index (χ0) is 15.4. The molecule has 0 spiro atoms. The van der Waals surface area contributed by atoms with Gasteiger partial charge in [-0.1, -0.05) is 42.5 Å². The van der Waals surface area contributed by atoms with Crippen molar-refractivity contribution in [2.24, 2.45) is 0 Å². The largest absolute Gasteiger partial charge is 0.345 e. The van der Waals surface area contributed by atoms with Crippen molar-refractivity contribution in [1.29, 1.82) is 5.26 Å². The number of benzene rings is 2. The molecule has 1 aromatic heterocycles. The maximum Gasteiger partial charge on any atom is 0.0991 e. The molecule has 2 aromatic carbocycles. The van der Waals surface area contributed by atoms with E-state index >= 15 is 0 Å². The van der Waals surface area contributed by atoms with Crippen LogP contribution in [0, 0.1) is 18.3 Å². The van der Waals surface area contributed by atoms with Crippen LogP contribution in [0.25, 0.3) is 11.3 Å². The second-order valence-corrected chi connectivity index (χ2v) is 5.44. The van der Waals surface area contributed by atoms with Crippen molar-refractivity contribution < 1.29 is 0 Å². The van der Waals surface area contributed by atoms with E-state index in [0.29, 0.717) is 5.56 Å². The predicted molar refractivity (Wildman–Crippen MR) is 89.5 cm³/mol. The highest BCUT2D eigenvalue weighted by molar-refractivity contribution is 5.62. The predicted octanol–water partition coefficient (Wildman–Crippen LogP) is 4.58. The fourth-order valence-corrected chi connectivity index (χ4v) is 2.72. The third kappa shape index (κ3) is 2.94. The Labute approximate surface area is 131 Å². The lowest BCUT2D eigenvalue weighted by Crippen LogP contribution is -2.05. The molecule has 0 saturated heterocycles. The van der Waals surface area contributed by atoms with E-state index in [1.54, 1.807) is 0 Å². The third-order valence-corrected chi connectivity index (χ3v) is 3.98. The molecular formula is C20H18N2. The average molecular weight is 286 g/mol. The average Bonchev–Trinajstić information content (AvgIpc) is 2.95. The van der Waals surface area contributed by atoms with Crippen LogP contribution in [-0.2, 0) is 13.0 Å². The molecular weight excluding hydrogens is 268 g/mol. The van der Waals surface area contributed by atoms with Gasteiger partial charge in [0.15, 0.2) is 0 Å². The van der Waals surface area contributed by atoms with E-state index in [1.165, 1.54) is 17.0 Å². The van der Waals surface area contributed by atoms with Gasteiger partial charge in [0.1, 0.15) is 0 Å². The summed E-state index contributed by atoms with van der Waals surface area (Å²) in [5.74, 6) is 0. The summed E-state index contributed by atoms with van der Waals surface area (Å²) in [6.45, 7) is 3.09. The number of aromatic nitrogens is 1. The van der Waals surface area contributed by atoms with Crippen LogP contribution >= 0.6 is 0 Å². The lowest BCUT2D eigenvalue weighted by Gasteiger charge is -2.12. The molecule has 0 bridgehead atoms. The van der Waals surface area contributed by atoms with Crippen molar-refractivity contribution >= 4 is 0 Å². The Bertz CT molecular complexity index is 790. The molecule has 108 valence electrons. The first-order chi connectivity index (χ1) is 10.8. The highest BCUT2D eigenvalue weighted by atomic mass is 15.0. The van der Waals surface area contributed by atoms with Gasteiger partial charge in [-0.05, 0) is 48.7 Å². The first-order valence-electron chi connectivity index (χ1n) is 7.48. The molecule has 3 aromatic rings. The van der Waals surface area contributed by atoms with Crippen LogP contribution in [0.2, 0.25) is 0 Å². The van der Waals surface area contributed by atoms with Crippen LogP contribution in [0.3, 0.4) is 0 Å². The molecule has 0 fully saturated rings. The number of hydrogen-bond donors (Lipinski definition) is 0. The van der Waals surface area contributed by atoms with Crippen LogP contribution in [0.4, 0.5) is 0 Å². The second kappa shape index (κ2) is 6.32. The Kier molecular flexibility index (Phi) is 4.07. The van der Waals surface area contributed by atoms with Crippen LogP contribution < -0.4 is 0 Å². The van der Waals surface area contributed by atoms with Crippen molar-refractivity contribution in [3.63, 3.8) is 0 Å². The molecule has 0 saturated carbocycles. The monoisotopic (exact) mass is 286 g/mol. The minimum Gasteiger partial charge on any atom is -0.345 e. The van der Waals surface area contributed by atoms with Crippen molar-refractivity contribution in [2.45, 2.75) is 19.9 Å². The molecule has 22 heavy (non-hydrogen) atoms. The summed E-state index contributed by atoms with van der Waals surface area (Å²) in [4.78, 5) is 0. The number of nitrogens with zero attached hydrogens (tertiary/aromatic N) is 2. The molecule has 3 rings (SSSR count). The molecule has 2 nitrogen and oxygen atoms in total. The van der Waals surface area contributed by atoms with Crippen molar-refractivity contribution in [3.8, 4) is 17.3 Å². The Morgan fingerprint density at radius 3 is 2.32 bits per heavy atom. The Hall–Kier alpha value is -2.79. The van der Waals surface area contributed by atoms with Crippen LogP contribution in [0.1, 0.15) is 16.8 Å².